The topological polar surface area (TPSA) is 107 Å². The maximum atomic E-state index is 12.6. The van der Waals surface area contributed by atoms with E-state index in [9.17, 15) is 14.4 Å². The Kier molecular flexibility index (Phi) is 4.93. The molecule has 0 unspecified atom stereocenters. The van der Waals surface area contributed by atoms with Gasteiger partial charge in [0.05, 0.1) is 17.8 Å². The summed E-state index contributed by atoms with van der Waals surface area (Å²) in [5.41, 5.74) is 1.15. The normalized spacial score (nSPS) is 16.8. The fourth-order valence-corrected chi connectivity index (χ4v) is 4.56. The second kappa shape index (κ2) is 7.51. The first-order valence-electron chi connectivity index (χ1n) is 9.12. The number of carbonyl (C=O) groups excluding carboxylic acids is 2. The predicted octanol–water partition coefficient (Wildman–Crippen LogP) is 2.09. The molecule has 2 aliphatic rings. The van der Waals surface area contributed by atoms with E-state index in [-0.39, 0.29) is 23.5 Å². The third kappa shape index (κ3) is 4.02. The third-order valence-corrected chi connectivity index (χ3v) is 5.96. The standard InChI is InChI=1S/C18H21N5O3S/c24-15-6-5-11(9-19-15)16(25)23-8-7-13-14(10-23)27-18(21-13)22-17(26)20-12-3-1-2-4-12/h5-6,9,12H,1-4,7-8,10H2,(H,19,24)(H2,20,21,22,26). The summed E-state index contributed by atoms with van der Waals surface area (Å²) in [5.74, 6) is -0.126. The number of fused-ring (bicyclic) bond motifs is 1. The second-order valence-electron chi connectivity index (χ2n) is 6.89. The average molecular weight is 387 g/mol. The number of nitrogens with one attached hydrogen (secondary N) is 3. The lowest BCUT2D eigenvalue weighted by atomic mass is 10.1. The Labute approximate surface area is 160 Å². The summed E-state index contributed by atoms with van der Waals surface area (Å²) in [7, 11) is 0. The van der Waals surface area contributed by atoms with Gasteiger partial charge in [-0.2, -0.15) is 0 Å². The van der Waals surface area contributed by atoms with E-state index >= 15 is 0 Å². The van der Waals surface area contributed by atoms with Crippen LogP contribution >= 0.6 is 11.3 Å². The third-order valence-electron chi connectivity index (χ3n) is 4.96. The van der Waals surface area contributed by atoms with Gasteiger partial charge in [0, 0.05) is 36.1 Å². The molecule has 2 aromatic heterocycles. The van der Waals surface area contributed by atoms with Crippen LogP contribution in [0.3, 0.4) is 0 Å². The first-order valence-corrected chi connectivity index (χ1v) is 9.94. The van der Waals surface area contributed by atoms with E-state index in [4.69, 9.17) is 0 Å². The number of amides is 3. The summed E-state index contributed by atoms with van der Waals surface area (Å²) >= 11 is 1.41. The highest BCUT2D eigenvalue weighted by atomic mass is 32.1. The van der Waals surface area contributed by atoms with Crippen molar-refractivity contribution in [3.8, 4) is 0 Å². The van der Waals surface area contributed by atoms with Gasteiger partial charge in [0.2, 0.25) is 5.56 Å². The summed E-state index contributed by atoms with van der Waals surface area (Å²) in [5, 5.41) is 6.37. The van der Waals surface area contributed by atoms with Gasteiger partial charge in [0.1, 0.15) is 0 Å². The van der Waals surface area contributed by atoms with Gasteiger partial charge < -0.3 is 15.2 Å². The van der Waals surface area contributed by atoms with Crippen LogP contribution in [0.1, 0.15) is 46.6 Å². The van der Waals surface area contributed by atoms with Crippen LogP contribution in [0.2, 0.25) is 0 Å². The molecule has 0 aromatic carbocycles. The smallest absolute Gasteiger partial charge is 0.321 e. The van der Waals surface area contributed by atoms with Crippen molar-refractivity contribution >= 4 is 28.4 Å². The van der Waals surface area contributed by atoms with E-state index in [0.29, 0.717) is 30.2 Å². The number of urea groups is 1. The number of anilines is 1. The summed E-state index contributed by atoms with van der Waals surface area (Å²) in [6, 6.07) is 2.92. The van der Waals surface area contributed by atoms with Crippen LogP contribution in [0.15, 0.2) is 23.1 Å². The molecule has 3 heterocycles. The molecule has 0 radical (unpaired) electrons. The van der Waals surface area contributed by atoms with Gasteiger partial charge in [-0.05, 0) is 18.9 Å². The molecular weight excluding hydrogens is 366 g/mol. The zero-order valence-corrected chi connectivity index (χ0v) is 15.6. The van der Waals surface area contributed by atoms with Gasteiger partial charge in [-0.1, -0.05) is 24.2 Å². The molecule has 0 saturated heterocycles. The van der Waals surface area contributed by atoms with Gasteiger partial charge in [-0.25, -0.2) is 9.78 Å². The minimum absolute atomic E-state index is 0.126. The minimum atomic E-state index is -0.235. The highest BCUT2D eigenvalue weighted by Gasteiger charge is 2.26. The first-order chi connectivity index (χ1) is 13.1. The Morgan fingerprint density at radius 2 is 2.07 bits per heavy atom. The predicted molar refractivity (Wildman–Crippen MR) is 102 cm³/mol. The zero-order valence-electron chi connectivity index (χ0n) is 14.8. The van der Waals surface area contributed by atoms with Crippen molar-refractivity contribution in [3.63, 3.8) is 0 Å². The number of hydrogen-bond acceptors (Lipinski definition) is 5. The molecule has 0 atom stereocenters. The number of pyridine rings is 1. The maximum absolute atomic E-state index is 12.6. The number of aromatic nitrogens is 2. The highest BCUT2D eigenvalue weighted by Crippen LogP contribution is 2.29. The van der Waals surface area contributed by atoms with Gasteiger partial charge in [-0.15, -0.1) is 0 Å². The van der Waals surface area contributed by atoms with Crippen molar-refractivity contribution in [1.29, 1.82) is 0 Å². The van der Waals surface area contributed by atoms with Gasteiger partial charge >= 0.3 is 6.03 Å². The Balaban J connectivity index is 1.39. The van der Waals surface area contributed by atoms with Crippen LogP contribution in [0.4, 0.5) is 9.93 Å². The minimum Gasteiger partial charge on any atom is -0.335 e. The molecule has 9 heteroatoms. The number of rotatable bonds is 3. The molecule has 0 spiro atoms. The van der Waals surface area contributed by atoms with E-state index in [2.05, 4.69) is 20.6 Å². The van der Waals surface area contributed by atoms with Crippen molar-refractivity contribution in [2.24, 2.45) is 0 Å². The number of thiazole rings is 1. The number of carbonyl (C=O) groups is 2. The molecular formula is C18H21N5O3S. The number of hydrogen-bond donors (Lipinski definition) is 3. The van der Waals surface area contributed by atoms with Crippen molar-refractivity contribution in [1.82, 2.24) is 20.2 Å². The molecule has 0 bridgehead atoms. The summed E-state index contributed by atoms with van der Waals surface area (Å²) in [4.78, 5) is 45.6. The van der Waals surface area contributed by atoms with E-state index in [0.717, 1.165) is 36.3 Å². The fraction of sp³-hybridized carbons (Fsp3) is 0.444. The molecule has 2 aromatic rings. The van der Waals surface area contributed by atoms with Gasteiger partial charge in [0.15, 0.2) is 5.13 Å². The molecule has 3 N–H and O–H groups in total. The van der Waals surface area contributed by atoms with Gasteiger partial charge in [-0.3, -0.25) is 14.9 Å². The van der Waals surface area contributed by atoms with Crippen LogP contribution in [0.25, 0.3) is 0 Å². The monoisotopic (exact) mass is 387 g/mol. The first kappa shape index (κ1) is 17.7. The van der Waals surface area contributed by atoms with E-state index in [1.165, 1.54) is 29.7 Å². The summed E-state index contributed by atoms with van der Waals surface area (Å²) < 4.78 is 0. The van der Waals surface area contributed by atoms with Crippen LogP contribution in [0.5, 0.6) is 0 Å². The zero-order chi connectivity index (χ0) is 18.8. The number of aromatic amines is 1. The largest absolute Gasteiger partial charge is 0.335 e. The van der Waals surface area contributed by atoms with Gasteiger partial charge in [0.25, 0.3) is 5.91 Å². The number of nitrogens with zero attached hydrogens (tertiary/aromatic N) is 2. The van der Waals surface area contributed by atoms with Crippen molar-refractivity contribution in [2.45, 2.75) is 44.7 Å². The number of H-pyrrole nitrogens is 1. The van der Waals surface area contributed by atoms with Crippen molar-refractivity contribution < 1.29 is 9.59 Å². The van der Waals surface area contributed by atoms with E-state index in [1.807, 2.05) is 0 Å². The van der Waals surface area contributed by atoms with Crippen molar-refractivity contribution in [2.75, 3.05) is 11.9 Å². The Morgan fingerprint density at radius 1 is 1.26 bits per heavy atom. The fourth-order valence-electron chi connectivity index (χ4n) is 3.54. The Bertz CT molecular complexity index is 895. The average Bonchev–Trinajstić information content (AvgIpc) is 3.30. The molecule has 1 aliphatic carbocycles. The molecule has 1 aliphatic heterocycles. The molecule has 4 rings (SSSR count). The van der Waals surface area contributed by atoms with E-state index in [1.54, 1.807) is 4.90 Å². The van der Waals surface area contributed by atoms with E-state index < -0.39 is 0 Å². The Hall–Kier alpha value is -2.68. The van der Waals surface area contributed by atoms with Crippen molar-refractivity contribution in [3.05, 3.63) is 44.8 Å². The lowest BCUT2D eigenvalue weighted by molar-refractivity contribution is 0.0735. The molecule has 1 fully saturated rings. The lowest BCUT2D eigenvalue weighted by Gasteiger charge is -2.26. The summed E-state index contributed by atoms with van der Waals surface area (Å²) in [6.45, 7) is 1.01. The molecule has 8 nitrogen and oxygen atoms in total. The lowest BCUT2D eigenvalue weighted by Crippen LogP contribution is -2.36. The second-order valence-corrected chi connectivity index (χ2v) is 7.97. The van der Waals surface area contributed by atoms with Crippen LogP contribution in [0, 0.1) is 0 Å². The SMILES string of the molecule is O=C(Nc1nc2c(s1)CN(C(=O)c1ccc(=O)[nH]c1)CC2)NC1CCCC1. The highest BCUT2D eigenvalue weighted by molar-refractivity contribution is 7.15. The molecule has 142 valence electrons. The summed E-state index contributed by atoms with van der Waals surface area (Å²) in [6.07, 6.45) is 6.47. The molecule has 1 saturated carbocycles. The molecule has 27 heavy (non-hydrogen) atoms. The van der Waals surface area contributed by atoms with Crippen LogP contribution < -0.4 is 16.2 Å². The molecule has 3 amide bonds. The van der Waals surface area contributed by atoms with Crippen LogP contribution in [-0.4, -0.2) is 39.4 Å². The quantitative estimate of drug-likeness (QED) is 0.749. The Morgan fingerprint density at radius 3 is 2.81 bits per heavy atom. The maximum Gasteiger partial charge on any atom is 0.321 e. The van der Waals surface area contributed by atoms with Crippen LogP contribution in [-0.2, 0) is 13.0 Å².